The van der Waals surface area contributed by atoms with Crippen LogP contribution in [0.2, 0.25) is 0 Å². The quantitative estimate of drug-likeness (QED) is 0.344. The fourth-order valence-electron chi connectivity index (χ4n) is 4.02. The van der Waals surface area contributed by atoms with Crippen molar-refractivity contribution < 1.29 is 5.11 Å². The fourth-order valence-corrected chi connectivity index (χ4v) is 4.02. The molecule has 1 aromatic heterocycles. The Morgan fingerprint density at radius 1 is 0.933 bits per heavy atom. The Labute approximate surface area is 178 Å². The van der Waals surface area contributed by atoms with Gasteiger partial charge in [-0.25, -0.2) is 0 Å². The zero-order chi connectivity index (χ0) is 21.5. The van der Waals surface area contributed by atoms with Crippen LogP contribution in [0.3, 0.4) is 0 Å². The summed E-state index contributed by atoms with van der Waals surface area (Å²) < 4.78 is 0. The van der Waals surface area contributed by atoms with Crippen LogP contribution in [0.25, 0.3) is 22.2 Å². The topological polar surface area (TPSA) is 48.0 Å². The van der Waals surface area contributed by atoms with Crippen LogP contribution in [0.15, 0.2) is 60.7 Å². The fraction of sp³-hybridized carbons (Fsp3) is 0.259. The lowest BCUT2D eigenvalue weighted by atomic mass is 9.83. The monoisotopic (exact) mass is 398 g/mol. The van der Waals surface area contributed by atoms with Crippen LogP contribution in [0.1, 0.15) is 43.0 Å². The van der Waals surface area contributed by atoms with E-state index < -0.39 is 0 Å². The summed E-state index contributed by atoms with van der Waals surface area (Å²) in [4.78, 5) is 3.60. The summed E-state index contributed by atoms with van der Waals surface area (Å²) in [6.45, 7) is 11.3. The third kappa shape index (κ3) is 3.80. The molecule has 4 rings (SSSR count). The Kier molecular flexibility index (Phi) is 5.07. The van der Waals surface area contributed by atoms with Crippen molar-refractivity contribution in [2.75, 3.05) is 5.32 Å². The van der Waals surface area contributed by atoms with Crippen LogP contribution >= 0.6 is 0 Å². The Hall–Kier alpha value is -3.20. The molecule has 0 amide bonds. The van der Waals surface area contributed by atoms with Gasteiger partial charge in [-0.2, -0.15) is 0 Å². The Morgan fingerprint density at radius 2 is 1.67 bits per heavy atom. The smallest absolute Gasteiger partial charge is 0.122 e. The van der Waals surface area contributed by atoms with Crippen molar-refractivity contribution in [2.45, 2.75) is 46.6 Å². The molecule has 3 N–H and O–H groups in total. The second-order valence-corrected chi connectivity index (χ2v) is 9.16. The molecule has 0 aliphatic rings. The lowest BCUT2D eigenvalue weighted by Crippen LogP contribution is -2.12. The normalized spacial score (nSPS) is 11.8. The Balaban J connectivity index is 1.71. The average molecular weight is 399 g/mol. The van der Waals surface area contributed by atoms with Gasteiger partial charge < -0.3 is 15.4 Å². The molecule has 1 heterocycles. The van der Waals surface area contributed by atoms with E-state index in [2.05, 4.69) is 92.6 Å². The number of aromatic amines is 1. The van der Waals surface area contributed by atoms with Crippen molar-refractivity contribution in [3.8, 4) is 17.0 Å². The van der Waals surface area contributed by atoms with Gasteiger partial charge in [-0.3, -0.25) is 0 Å². The number of benzene rings is 3. The third-order valence-corrected chi connectivity index (χ3v) is 5.79. The molecule has 0 radical (unpaired) electrons. The highest BCUT2D eigenvalue weighted by Gasteiger charge is 2.21. The van der Waals surface area contributed by atoms with Crippen molar-refractivity contribution in [1.82, 2.24) is 4.98 Å². The summed E-state index contributed by atoms with van der Waals surface area (Å²) in [7, 11) is 0. The summed E-state index contributed by atoms with van der Waals surface area (Å²) in [5.41, 5.74) is 8.69. The van der Waals surface area contributed by atoms with E-state index >= 15 is 0 Å². The van der Waals surface area contributed by atoms with Gasteiger partial charge in [-0.15, -0.1) is 0 Å². The van der Waals surface area contributed by atoms with E-state index in [1.807, 2.05) is 13.0 Å². The first kappa shape index (κ1) is 20.1. The number of rotatable bonds is 4. The average Bonchev–Trinajstić information content (AvgIpc) is 3.04. The number of hydrogen-bond donors (Lipinski definition) is 3. The number of anilines is 1. The van der Waals surface area contributed by atoms with Gasteiger partial charge in [0.2, 0.25) is 0 Å². The number of phenols is 1. The number of fused-ring (bicyclic) bond motifs is 1. The van der Waals surface area contributed by atoms with Gasteiger partial charge >= 0.3 is 0 Å². The third-order valence-electron chi connectivity index (χ3n) is 5.79. The van der Waals surface area contributed by atoms with Crippen LogP contribution in [0.4, 0.5) is 5.69 Å². The van der Waals surface area contributed by atoms with Gasteiger partial charge in [0.25, 0.3) is 0 Å². The molecule has 0 aliphatic heterocycles. The molecule has 154 valence electrons. The highest BCUT2D eigenvalue weighted by atomic mass is 16.3. The highest BCUT2D eigenvalue weighted by Crippen LogP contribution is 2.39. The number of hydrogen-bond acceptors (Lipinski definition) is 2. The summed E-state index contributed by atoms with van der Waals surface area (Å²) in [6.07, 6.45) is 0. The standard InChI is InChI=1S/C27H30N2O/c1-17-13-20(14-23(26(17)30)27(3,4)5)25-18(2)22-15-21(11-12-24(22)29-25)28-16-19-9-7-6-8-10-19/h6-15,28-30H,16H2,1-5H3. The van der Waals surface area contributed by atoms with Crippen molar-refractivity contribution in [3.05, 3.63) is 82.9 Å². The molecule has 4 aromatic rings. The Bertz CT molecular complexity index is 1200. The molecule has 30 heavy (non-hydrogen) atoms. The molecule has 0 atom stereocenters. The van der Waals surface area contributed by atoms with Crippen LogP contribution in [-0.2, 0) is 12.0 Å². The minimum absolute atomic E-state index is 0.126. The zero-order valence-electron chi connectivity index (χ0n) is 18.4. The highest BCUT2D eigenvalue weighted by molar-refractivity contribution is 5.93. The van der Waals surface area contributed by atoms with Gasteiger partial charge in [0.15, 0.2) is 0 Å². The molecule has 3 heteroatoms. The van der Waals surface area contributed by atoms with Gasteiger partial charge in [0.1, 0.15) is 5.75 Å². The van der Waals surface area contributed by atoms with E-state index in [1.54, 1.807) is 0 Å². The van der Waals surface area contributed by atoms with E-state index in [-0.39, 0.29) is 5.41 Å². The first-order chi connectivity index (χ1) is 14.2. The summed E-state index contributed by atoms with van der Waals surface area (Å²) in [5, 5.41) is 15.3. The molecule has 0 saturated heterocycles. The number of H-pyrrole nitrogens is 1. The summed E-state index contributed by atoms with van der Waals surface area (Å²) in [5.74, 6) is 0.396. The molecule has 0 spiro atoms. The maximum absolute atomic E-state index is 10.6. The molecule has 0 saturated carbocycles. The van der Waals surface area contributed by atoms with Crippen LogP contribution in [-0.4, -0.2) is 10.1 Å². The minimum atomic E-state index is -0.126. The van der Waals surface area contributed by atoms with Crippen molar-refractivity contribution >= 4 is 16.6 Å². The SMILES string of the molecule is Cc1cc(-c2[nH]c3ccc(NCc4ccccc4)cc3c2C)cc(C(C)(C)C)c1O. The number of nitrogens with one attached hydrogen (secondary N) is 2. The molecule has 0 bridgehead atoms. The van der Waals surface area contributed by atoms with Crippen molar-refractivity contribution in [2.24, 2.45) is 0 Å². The molecule has 0 aliphatic carbocycles. The number of phenolic OH excluding ortho intramolecular Hbond substituents is 1. The second-order valence-electron chi connectivity index (χ2n) is 9.16. The van der Waals surface area contributed by atoms with Gasteiger partial charge in [-0.1, -0.05) is 51.1 Å². The molecular formula is C27H30N2O. The lowest BCUT2D eigenvalue weighted by Gasteiger charge is -2.22. The second kappa shape index (κ2) is 7.56. The maximum atomic E-state index is 10.6. The number of aromatic hydroxyl groups is 1. The van der Waals surface area contributed by atoms with Crippen LogP contribution in [0, 0.1) is 13.8 Å². The Morgan fingerprint density at radius 3 is 2.37 bits per heavy atom. The van der Waals surface area contributed by atoms with Crippen LogP contribution < -0.4 is 5.32 Å². The predicted molar refractivity (Wildman–Crippen MR) is 127 cm³/mol. The zero-order valence-corrected chi connectivity index (χ0v) is 18.4. The lowest BCUT2D eigenvalue weighted by molar-refractivity contribution is 0.443. The first-order valence-electron chi connectivity index (χ1n) is 10.5. The predicted octanol–water partition coefficient (Wildman–Crippen LogP) is 7.07. The molecule has 3 aromatic carbocycles. The molecular weight excluding hydrogens is 368 g/mol. The number of aryl methyl sites for hydroxylation is 2. The van der Waals surface area contributed by atoms with E-state index in [9.17, 15) is 5.11 Å². The van der Waals surface area contributed by atoms with Gasteiger partial charge in [0, 0.05) is 34.4 Å². The summed E-state index contributed by atoms with van der Waals surface area (Å²) in [6, 6.07) is 21.1. The van der Waals surface area contributed by atoms with E-state index in [0.717, 1.165) is 40.1 Å². The van der Waals surface area contributed by atoms with E-state index in [0.29, 0.717) is 5.75 Å². The van der Waals surface area contributed by atoms with Gasteiger partial charge in [0.05, 0.1) is 0 Å². The van der Waals surface area contributed by atoms with Gasteiger partial charge in [-0.05, 0) is 71.8 Å². The summed E-state index contributed by atoms with van der Waals surface area (Å²) >= 11 is 0. The number of aromatic nitrogens is 1. The van der Waals surface area contributed by atoms with E-state index in [1.165, 1.54) is 16.5 Å². The largest absolute Gasteiger partial charge is 0.507 e. The van der Waals surface area contributed by atoms with E-state index in [4.69, 9.17) is 0 Å². The van der Waals surface area contributed by atoms with Crippen molar-refractivity contribution in [1.29, 1.82) is 0 Å². The van der Waals surface area contributed by atoms with Crippen LogP contribution in [0.5, 0.6) is 5.75 Å². The van der Waals surface area contributed by atoms with Crippen molar-refractivity contribution in [3.63, 3.8) is 0 Å². The first-order valence-corrected chi connectivity index (χ1v) is 10.5. The minimum Gasteiger partial charge on any atom is -0.507 e. The maximum Gasteiger partial charge on any atom is 0.122 e. The molecule has 3 nitrogen and oxygen atoms in total. The molecule has 0 fully saturated rings. The molecule has 0 unspecified atom stereocenters.